The molecule has 1 heterocycles. The van der Waals surface area contributed by atoms with E-state index in [0.29, 0.717) is 18.1 Å². The van der Waals surface area contributed by atoms with Gasteiger partial charge in [0.1, 0.15) is 6.26 Å². The van der Waals surface area contributed by atoms with Crippen LogP contribution in [-0.4, -0.2) is 17.4 Å². The summed E-state index contributed by atoms with van der Waals surface area (Å²) in [6.07, 6.45) is 8.61. The third-order valence-electron chi connectivity index (χ3n) is 3.57. The number of hydrogen-bond donors (Lipinski definition) is 2. The van der Waals surface area contributed by atoms with E-state index in [9.17, 15) is 4.79 Å². The van der Waals surface area contributed by atoms with Crippen LogP contribution in [0.4, 0.5) is 0 Å². The predicted molar refractivity (Wildman–Crippen MR) is 84.0 cm³/mol. The summed E-state index contributed by atoms with van der Waals surface area (Å²) >= 11 is 0. The van der Waals surface area contributed by atoms with Crippen LogP contribution in [0.1, 0.15) is 81.7 Å². The molecule has 0 radical (unpaired) electrons. The van der Waals surface area contributed by atoms with E-state index in [4.69, 9.17) is 10.2 Å². The van der Waals surface area contributed by atoms with E-state index in [-0.39, 0.29) is 17.9 Å². The summed E-state index contributed by atoms with van der Waals surface area (Å²) < 4.78 is 5.28. The van der Waals surface area contributed by atoms with Crippen LogP contribution in [0.5, 0.6) is 0 Å². The third-order valence-corrected chi connectivity index (χ3v) is 3.57. The molecule has 1 aromatic rings. The number of rotatable bonds is 10. The smallest absolute Gasteiger partial charge is 0.273 e. The van der Waals surface area contributed by atoms with Gasteiger partial charge in [0, 0.05) is 6.54 Å². The average Bonchev–Trinajstić information content (AvgIpc) is 2.95. The average molecular weight is 295 g/mol. The van der Waals surface area contributed by atoms with E-state index in [2.05, 4.69) is 17.2 Å². The van der Waals surface area contributed by atoms with Gasteiger partial charge >= 0.3 is 0 Å². The number of carbonyl (C=O) groups is 1. The van der Waals surface area contributed by atoms with Crippen molar-refractivity contribution in [2.24, 2.45) is 11.7 Å². The fraction of sp³-hybridized carbons (Fsp3) is 0.750. The number of carbonyl (C=O) groups excluding carboxylic acids is 1. The minimum atomic E-state index is -0.273. The molecule has 0 aliphatic heterocycles. The molecule has 1 amide bonds. The molecule has 0 saturated carbocycles. The van der Waals surface area contributed by atoms with Gasteiger partial charge in [-0.25, -0.2) is 4.98 Å². The summed E-state index contributed by atoms with van der Waals surface area (Å²) in [6, 6.07) is -0.273. The summed E-state index contributed by atoms with van der Waals surface area (Å²) in [4.78, 5) is 16.1. The SMILES string of the molecule is CCCCCCCCNC(=O)c1coc(C(N)C(C)C)n1. The van der Waals surface area contributed by atoms with Gasteiger partial charge in [-0.1, -0.05) is 52.9 Å². The van der Waals surface area contributed by atoms with Crippen molar-refractivity contribution in [3.63, 3.8) is 0 Å². The van der Waals surface area contributed by atoms with E-state index in [1.165, 1.54) is 31.9 Å². The zero-order valence-electron chi connectivity index (χ0n) is 13.5. The van der Waals surface area contributed by atoms with Gasteiger partial charge in [-0.2, -0.15) is 0 Å². The first-order valence-electron chi connectivity index (χ1n) is 8.05. The zero-order chi connectivity index (χ0) is 15.7. The first-order chi connectivity index (χ1) is 10.1. The molecule has 0 saturated heterocycles. The molecule has 0 spiro atoms. The Bertz CT molecular complexity index is 415. The molecule has 1 unspecified atom stereocenters. The van der Waals surface area contributed by atoms with Crippen molar-refractivity contribution >= 4 is 5.91 Å². The highest BCUT2D eigenvalue weighted by atomic mass is 16.3. The first kappa shape index (κ1) is 17.7. The normalized spacial score (nSPS) is 12.6. The van der Waals surface area contributed by atoms with E-state index >= 15 is 0 Å². The van der Waals surface area contributed by atoms with Crippen molar-refractivity contribution in [1.82, 2.24) is 10.3 Å². The molecule has 0 aliphatic carbocycles. The van der Waals surface area contributed by atoms with Gasteiger partial charge in [0.15, 0.2) is 5.69 Å². The Labute approximate surface area is 127 Å². The number of nitrogens with one attached hydrogen (secondary N) is 1. The number of nitrogens with zero attached hydrogens (tertiary/aromatic N) is 1. The summed E-state index contributed by atoms with van der Waals surface area (Å²) in [5.41, 5.74) is 6.26. The fourth-order valence-corrected chi connectivity index (χ4v) is 2.03. The molecule has 1 atom stereocenters. The monoisotopic (exact) mass is 295 g/mol. The van der Waals surface area contributed by atoms with Crippen molar-refractivity contribution in [3.8, 4) is 0 Å². The van der Waals surface area contributed by atoms with Crippen LogP contribution in [0.25, 0.3) is 0 Å². The molecule has 1 rings (SSSR count). The quantitative estimate of drug-likeness (QED) is 0.648. The van der Waals surface area contributed by atoms with Gasteiger partial charge in [0.05, 0.1) is 6.04 Å². The minimum absolute atomic E-state index is 0.186. The lowest BCUT2D eigenvalue weighted by Gasteiger charge is -2.10. The second kappa shape index (κ2) is 9.55. The Morgan fingerprint density at radius 1 is 1.29 bits per heavy atom. The number of oxazole rings is 1. The zero-order valence-corrected chi connectivity index (χ0v) is 13.5. The molecule has 0 fully saturated rings. The highest BCUT2D eigenvalue weighted by molar-refractivity contribution is 5.91. The number of unbranched alkanes of at least 4 members (excludes halogenated alkanes) is 5. The van der Waals surface area contributed by atoms with Crippen LogP contribution in [-0.2, 0) is 0 Å². The highest BCUT2D eigenvalue weighted by Crippen LogP contribution is 2.17. The second-order valence-electron chi connectivity index (χ2n) is 5.86. The van der Waals surface area contributed by atoms with Crippen molar-refractivity contribution in [2.45, 2.75) is 65.3 Å². The van der Waals surface area contributed by atoms with E-state index in [0.717, 1.165) is 12.8 Å². The molecule has 3 N–H and O–H groups in total. The van der Waals surface area contributed by atoms with Crippen LogP contribution in [0.3, 0.4) is 0 Å². The number of nitrogens with two attached hydrogens (primary N) is 1. The topological polar surface area (TPSA) is 81.2 Å². The number of amides is 1. The Kier molecular flexibility index (Phi) is 8.05. The molecule has 5 nitrogen and oxygen atoms in total. The lowest BCUT2D eigenvalue weighted by molar-refractivity contribution is 0.0948. The van der Waals surface area contributed by atoms with Gasteiger partial charge in [-0.15, -0.1) is 0 Å². The lowest BCUT2D eigenvalue weighted by atomic mass is 10.1. The van der Waals surface area contributed by atoms with Crippen LogP contribution in [0, 0.1) is 5.92 Å². The summed E-state index contributed by atoms with van der Waals surface area (Å²) in [5, 5.41) is 2.87. The maximum atomic E-state index is 11.9. The second-order valence-corrected chi connectivity index (χ2v) is 5.86. The van der Waals surface area contributed by atoms with Crippen molar-refractivity contribution in [3.05, 3.63) is 17.8 Å². The predicted octanol–water partition coefficient (Wildman–Crippen LogP) is 3.42. The number of aromatic nitrogens is 1. The van der Waals surface area contributed by atoms with Crippen molar-refractivity contribution in [1.29, 1.82) is 0 Å². The van der Waals surface area contributed by atoms with Gasteiger partial charge in [-0.05, 0) is 12.3 Å². The molecule has 5 heteroatoms. The Morgan fingerprint density at radius 2 is 1.95 bits per heavy atom. The molecular weight excluding hydrogens is 266 g/mol. The Balaban J connectivity index is 2.26. The molecule has 0 aliphatic rings. The Hall–Kier alpha value is -1.36. The Morgan fingerprint density at radius 3 is 2.62 bits per heavy atom. The van der Waals surface area contributed by atoms with Gasteiger partial charge < -0.3 is 15.5 Å². The van der Waals surface area contributed by atoms with Gasteiger partial charge in [-0.3, -0.25) is 4.79 Å². The lowest BCUT2D eigenvalue weighted by Crippen LogP contribution is -2.25. The molecule has 0 aromatic carbocycles. The van der Waals surface area contributed by atoms with E-state index in [1.54, 1.807) is 0 Å². The van der Waals surface area contributed by atoms with Gasteiger partial charge in [0.2, 0.25) is 5.89 Å². The van der Waals surface area contributed by atoms with E-state index < -0.39 is 0 Å². The largest absolute Gasteiger partial charge is 0.446 e. The van der Waals surface area contributed by atoms with Crippen LogP contribution < -0.4 is 11.1 Å². The third kappa shape index (κ3) is 6.29. The van der Waals surface area contributed by atoms with E-state index in [1.807, 2.05) is 13.8 Å². The summed E-state index contributed by atoms with van der Waals surface area (Å²) in [7, 11) is 0. The molecule has 21 heavy (non-hydrogen) atoms. The standard InChI is InChI=1S/C16H29N3O2/c1-4-5-6-7-8-9-10-18-15(20)13-11-21-16(19-13)14(17)12(2)3/h11-12,14H,4-10,17H2,1-3H3,(H,18,20). The maximum absolute atomic E-state index is 11.9. The van der Waals surface area contributed by atoms with Crippen molar-refractivity contribution < 1.29 is 9.21 Å². The first-order valence-corrected chi connectivity index (χ1v) is 8.05. The summed E-state index contributed by atoms with van der Waals surface area (Å²) in [5.74, 6) is 0.465. The molecule has 0 bridgehead atoms. The van der Waals surface area contributed by atoms with Crippen LogP contribution in [0.2, 0.25) is 0 Å². The van der Waals surface area contributed by atoms with Crippen molar-refractivity contribution in [2.75, 3.05) is 6.54 Å². The van der Waals surface area contributed by atoms with Crippen LogP contribution >= 0.6 is 0 Å². The summed E-state index contributed by atoms with van der Waals surface area (Å²) in [6.45, 7) is 6.88. The molecular formula is C16H29N3O2. The van der Waals surface area contributed by atoms with Crippen LogP contribution in [0.15, 0.2) is 10.7 Å². The highest BCUT2D eigenvalue weighted by Gasteiger charge is 2.19. The molecule has 1 aromatic heterocycles. The maximum Gasteiger partial charge on any atom is 0.273 e. The molecule has 120 valence electrons. The fourth-order valence-electron chi connectivity index (χ4n) is 2.03. The van der Waals surface area contributed by atoms with Gasteiger partial charge in [0.25, 0.3) is 5.91 Å². The number of hydrogen-bond acceptors (Lipinski definition) is 4. The minimum Gasteiger partial charge on any atom is -0.446 e.